The molecule has 0 atom stereocenters. The molecule has 0 aliphatic rings. The highest BCUT2D eigenvalue weighted by molar-refractivity contribution is 5.82. The number of aliphatic hydroxyl groups is 2. The van der Waals surface area contributed by atoms with E-state index in [2.05, 4.69) is 36.9 Å². The lowest BCUT2D eigenvalue weighted by Gasteiger charge is -2.29. The zero-order valence-corrected chi connectivity index (χ0v) is 25.8. The van der Waals surface area contributed by atoms with E-state index in [1.165, 1.54) is 0 Å². The van der Waals surface area contributed by atoms with Crippen molar-refractivity contribution >= 4 is 36.1 Å². The molecular formula is C30H44N2O14. The van der Waals surface area contributed by atoms with Gasteiger partial charge in [-0.3, -0.25) is 0 Å². The van der Waals surface area contributed by atoms with Crippen molar-refractivity contribution in [2.75, 3.05) is 65.9 Å². The van der Waals surface area contributed by atoms with Crippen LogP contribution in [0.1, 0.15) is 25.7 Å². The van der Waals surface area contributed by atoms with Crippen molar-refractivity contribution in [3.63, 3.8) is 0 Å². The van der Waals surface area contributed by atoms with Gasteiger partial charge in [-0.2, -0.15) is 0 Å². The second-order valence-corrected chi connectivity index (χ2v) is 9.98. The minimum atomic E-state index is -1.40. The molecule has 0 radical (unpaired) electrons. The second kappa shape index (κ2) is 23.7. The molecule has 0 bridgehead atoms. The summed E-state index contributed by atoms with van der Waals surface area (Å²) in [7, 11) is 0. The van der Waals surface area contributed by atoms with Gasteiger partial charge >= 0.3 is 36.1 Å². The fourth-order valence-corrected chi connectivity index (χ4v) is 3.18. The number of carbonyl (C=O) groups excluding carboxylic acids is 6. The number of hydrogen-bond donors (Lipinski definition) is 4. The van der Waals surface area contributed by atoms with E-state index in [9.17, 15) is 39.0 Å². The Hall–Kier alpha value is -4.70. The summed E-state index contributed by atoms with van der Waals surface area (Å²) in [5.41, 5.74) is -2.81. The predicted octanol–water partition coefficient (Wildman–Crippen LogP) is 0.873. The average Bonchev–Trinajstić information content (AvgIpc) is 3.08. The van der Waals surface area contributed by atoms with Gasteiger partial charge in [0.1, 0.15) is 39.6 Å². The maximum atomic E-state index is 12.1. The van der Waals surface area contributed by atoms with Gasteiger partial charge in [0, 0.05) is 37.4 Å². The Morgan fingerprint density at radius 2 is 0.739 bits per heavy atom. The summed E-state index contributed by atoms with van der Waals surface area (Å²) in [6.45, 7) is 9.85. The van der Waals surface area contributed by atoms with Crippen molar-refractivity contribution in [1.82, 2.24) is 10.6 Å². The maximum Gasteiger partial charge on any atom is 0.407 e. The van der Waals surface area contributed by atoms with Gasteiger partial charge in [0.2, 0.25) is 0 Å². The minimum Gasteiger partial charge on any atom is -0.462 e. The lowest BCUT2D eigenvalue weighted by molar-refractivity contribution is -0.154. The zero-order chi connectivity index (χ0) is 34.8. The van der Waals surface area contributed by atoms with Gasteiger partial charge < -0.3 is 49.3 Å². The fourth-order valence-electron chi connectivity index (χ4n) is 3.18. The highest BCUT2D eigenvalue weighted by Gasteiger charge is 2.36. The van der Waals surface area contributed by atoms with Crippen LogP contribution in [0.3, 0.4) is 0 Å². The van der Waals surface area contributed by atoms with Gasteiger partial charge in [-0.05, 0) is 12.8 Å². The van der Waals surface area contributed by atoms with Crippen LogP contribution in [-0.4, -0.2) is 112 Å². The topological polar surface area (TPSA) is 222 Å². The van der Waals surface area contributed by atoms with Gasteiger partial charge in [-0.15, -0.1) is 0 Å². The smallest absolute Gasteiger partial charge is 0.407 e. The first-order valence-electron chi connectivity index (χ1n) is 14.1. The molecule has 16 nitrogen and oxygen atoms in total. The molecule has 0 rings (SSSR count). The van der Waals surface area contributed by atoms with Crippen LogP contribution in [0.15, 0.2) is 50.6 Å². The summed E-state index contributed by atoms with van der Waals surface area (Å²) < 4.78 is 30.1. The highest BCUT2D eigenvalue weighted by atomic mass is 16.6. The third kappa shape index (κ3) is 18.2. The van der Waals surface area contributed by atoms with Crippen molar-refractivity contribution in [2.45, 2.75) is 25.7 Å². The monoisotopic (exact) mass is 656 g/mol. The van der Waals surface area contributed by atoms with E-state index < -0.39 is 99.7 Å². The Bertz CT molecular complexity index is 928. The largest absolute Gasteiger partial charge is 0.462 e. The Labute approximate surface area is 267 Å². The van der Waals surface area contributed by atoms with E-state index in [-0.39, 0.29) is 13.1 Å². The Morgan fingerprint density at radius 1 is 0.478 bits per heavy atom. The average molecular weight is 657 g/mol. The van der Waals surface area contributed by atoms with Crippen LogP contribution in [0.4, 0.5) is 9.59 Å². The molecule has 0 aromatic rings. The molecule has 0 aromatic carbocycles. The van der Waals surface area contributed by atoms with Crippen LogP contribution in [0.5, 0.6) is 0 Å². The molecule has 0 saturated carbocycles. The first kappa shape index (κ1) is 41.3. The van der Waals surface area contributed by atoms with Gasteiger partial charge in [0.15, 0.2) is 0 Å². The predicted molar refractivity (Wildman–Crippen MR) is 161 cm³/mol. The van der Waals surface area contributed by atoms with E-state index in [0.29, 0.717) is 25.7 Å². The molecule has 2 amide bonds. The Balaban J connectivity index is 4.49. The van der Waals surface area contributed by atoms with Crippen LogP contribution in [0.2, 0.25) is 0 Å². The molecule has 4 N–H and O–H groups in total. The number of nitrogens with one attached hydrogen (secondary N) is 2. The van der Waals surface area contributed by atoms with Crippen molar-refractivity contribution in [3.8, 4) is 0 Å². The van der Waals surface area contributed by atoms with Crippen molar-refractivity contribution in [1.29, 1.82) is 0 Å². The van der Waals surface area contributed by atoms with Crippen LogP contribution in [-0.2, 0) is 47.6 Å². The van der Waals surface area contributed by atoms with Crippen molar-refractivity contribution in [2.24, 2.45) is 10.8 Å². The van der Waals surface area contributed by atoms with Crippen LogP contribution < -0.4 is 10.6 Å². The maximum absolute atomic E-state index is 12.1. The van der Waals surface area contributed by atoms with E-state index in [0.717, 1.165) is 24.3 Å². The van der Waals surface area contributed by atoms with E-state index in [1.807, 2.05) is 0 Å². The number of rotatable bonds is 25. The Morgan fingerprint density at radius 3 is 0.978 bits per heavy atom. The Kier molecular flexibility index (Phi) is 21.2. The van der Waals surface area contributed by atoms with E-state index in [4.69, 9.17) is 28.4 Å². The first-order chi connectivity index (χ1) is 21.9. The number of ether oxygens (including phenoxy) is 6. The third-order valence-electron chi connectivity index (χ3n) is 6.08. The molecular weight excluding hydrogens is 612 g/mol. The zero-order valence-electron chi connectivity index (χ0n) is 25.8. The number of hydrogen-bond acceptors (Lipinski definition) is 14. The molecule has 0 aliphatic carbocycles. The fraction of sp³-hybridized carbons (Fsp3) is 0.533. The van der Waals surface area contributed by atoms with Crippen LogP contribution in [0.25, 0.3) is 0 Å². The van der Waals surface area contributed by atoms with E-state index in [1.54, 1.807) is 0 Å². The SMILES string of the molecule is C=CC(=O)OCC(CO)(COC(=O)C=C)COC(=O)NCCCCCCNC(=O)OCC(CO)(COC(=O)C=C)COC(=O)C=C. The molecule has 258 valence electrons. The molecule has 0 fully saturated rings. The van der Waals surface area contributed by atoms with Gasteiger partial charge in [0.25, 0.3) is 0 Å². The van der Waals surface area contributed by atoms with Crippen molar-refractivity contribution < 1.29 is 67.4 Å². The molecule has 0 aromatic heterocycles. The molecule has 0 saturated heterocycles. The number of aliphatic hydroxyl groups excluding tert-OH is 2. The van der Waals surface area contributed by atoms with Crippen LogP contribution >= 0.6 is 0 Å². The number of alkyl carbamates (subject to hydrolysis) is 2. The molecule has 0 spiro atoms. The summed E-state index contributed by atoms with van der Waals surface area (Å²) in [5.74, 6) is -3.11. The number of amides is 2. The minimum absolute atomic E-state index is 0.257. The summed E-state index contributed by atoms with van der Waals surface area (Å²) in [4.78, 5) is 70.1. The first-order valence-corrected chi connectivity index (χ1v) is 14.1. The summed E-state index contributed by atoms with van der Waals surface area (Å²) in [6, 6.07) is 0. The van der Waals surface area contributed by atoms with Crippen molar-refractivity contribution in [3.05, 3.63) is 50.6 Å². The molecule has 0 aliphatic heterocycles. The normalized spacial score (nSPS) is 10.7. The van der Waals surface area contributed by atoms with Gasteiger partial charge in [0.05, 0.1) is 24.0 Å². The number of unbranched alkanes of at least 4 members (excludes halogenated alkanes) is 3. The third-order valence-corrected chi connectivity index (χ3v) is 6.08. The lowest BCUT2D eigenvalue weighted by atomic mass is 9.92. The highest BCUT2D eigenvalue weighted by Crippen LogP contribution is 2.21. The quantitative estimate of drug-likeness (QED) is 0.0464. The second-order valence-electron chi connectivity index (χ2n) is 9.98. The molecule has 0 unspecified atom stereocenters. The van der Waals surface area contributed by atoms with E-state index >= 15 is 0 Å². The lowest BCUT2D eigenvalue weighted by Crippen LogP contribution is -2.43. The molecule has 16 heteroatoms. The standard InChI is InChI=1S/C30H44N2O14/c1-5-23(35)41-17-29(15-33,18-42-24(36)6-2)21-45-27(39)31-13-11-9-10-12-14-32-28(40)46-22-30(16-34,19-43-25(37)7-3)20-44-26(38)8-4/h5-8,33-34H,1-4,9-22H2,(H,31,39)(H,32,40). The summed E-state index contributed by atoms with van der Waals surface area (Å²) in [6.07, 6.45) is 4.57. The summed E-state index contributed by atoms with van der Waals surface area (Å²) >= 11 is 0. The summed E-state index contributed by atoms with van der Waals surface area (Å²) in [5, 5.41) is 24.8. The van der Waals surface area contributed by atoms with Gasteiger partial charge in [-0.25, -0.2) is 28.8 Å². The molecule has 46 heavy (non-hydrogen) atoms. The van der Waals surface area contributed by atoms with Gasteiger partial charge in [-0.1, -0.05) is 39.2 Å². The number of carbonyl (C=O) groups is 6. The van der Waals surface area contributed by atoms with Crippen LogP contribution in [0, 0.1) is 10.8 Å². The number of esters is 4. The molecule has 0 heterocycles.